The summed E-state index contributed by atoms with van der Waals surface area (Å²) in [7, 11) is 0. The van der Waals surface area contributed by atoms with E-state index in [0.29, 0.717) is 19.3 Å². The number of carbonyl (C=O) groups excluding carboxylic acids is 1. The van der Waals surface area contributed by atoms with Crippen molar-refractivity contribution < 1.29 is 50.0 Å². The van der Waals surface area contributed by atoms with Gasteiger partial charge in [-0.15, -0.1) is 0 Å². The number of aliphatic hydroxyl groups excluding tert-OH is 7. The van der Waals surface area contributed by atoms with Crippen molar-refractivity contribution in [3.8, 4) is 0 Å². The highest BCUT2D eigenvalue weighted by Crippen LogP contribution is 2.24. The predicted molar refractivity (Wildman–Crippen MR) is 284 cm³/mol. The molecule has 11 heteroatoms. The monoisotopic (exact) mass is 986 g/mol. The normalized spacial score (nSPS) is 20.3. The second-order valence-electron chi connectivity index (χ2n) is 21.4. The van der Waals surface area contributed by atoms with Gasteiger partial charge in [0.1, 0.15) is 36.6 Å². The first-order valence-electron chi connectivity index (χ1n) is 29.9. The van der Waals surface area contributed by atoms with E-state index in [4.69, 9.17) is 9.47 Å². The number of hydrogen-bond donors (Lipinski definition) is 8. The molecule has 0 saturated carbocycles. The summed E-state index contributed by atoms with van der Waals surface area (Å²) in [4.78, 5) is 13.2. The van der Waals surface area contributed by atoms with Gasteiger partial charge in [-0.3, -0.25) is 4.79 Å². The van der Waals surface area contributed by atoms with Crippen LogP contribution in [0.15, 0.2) is 0 Å². The average Bonchev–Trinajstić information content (AvgIpc) is 3.35. The Hall–Kier alpha value is -0.890. The molecule has 1 aliphatic rings. The Morgan fingerprint density at radius 2 is 0.754 bits per heavy atom. The van der Waals surface area contributed by atoms with Gasteiger partial charge >= 0.3 is 0 Å². The maximum Gasteiger partial charge on any atom is 0.249 e. The van der Waals surface area contributed by atoms with Crippen LogP contribution in [-0.4, -0.2) is 110 Å². The number of unbranched alkanes of at least 4 members (excludes halogenated alkanes) is 40. The average molecular weight is 987 g/mol. The Kier molecular flexibility index (Phi) is 46.1. The van der Waals surface area contributed by atoms with E-state index in [1.165, 1.54) is 218 Å². The van der Waals surface area contributed by atoms with Crippen LogP contribution < -0.4 is 5.32 Å². The molecule has 8 N–H and O–H groups in total. The van der Waals surface area contributed by atoms with Crippen LogP contribution in [0, 0.1) is 0 Å². The first-order valence-corrected chi connectivity index (χ1v) is 29.9. The minimum Gasteiger partial charge on any atom is -0.394 e. The third-order valence-electron chi connectivity index (χ3n) is 14.9. The molecule has 69 heavy (non-hydrogen) atoms. The van der Waals surface area contributed by atoms with E-state index in [9.17, 15) is 40.5 Å². The van der Waals surface area contributed by atoms with Gasteiger partial charge in [-0.2, -0.15) is 0 Å². The maximum absolute atomic E-state index is 13.2. The van der Waals surface area contributed by atoms with Crippen LogP contribution in [0.2, 0.25) is 0 Å². The third kappa shape index (κ3) is 36.6. The van der Waals surface area contributed by atoms with Crippen molar-refractivity contribution in [1.82, 2.24) is 5.32 Å². The van der Waals surface area contributed by atoms with Crippen molar-refractivity contribution in [2.45, 2.75) is 351 Å². The van der Waals surface area contributed by atoms with Crippen LogP contribution in [0.1, 0.15) is 296 Å². The second kappa shape index (κ2) is 48.1. The highest BCUT2D eigenvalue weighted by Gasteiger charge is 2.44. The summed E-state index contributed by atoms with van der Waals surface area (Å²) in [5.74, 6) is -0.690. The molecule has 0 aromatic rings. The van der Waals surface area contributed by atoms with Crippen molar-refractivity contribution in [2.75, 3.05) is 13.2 Å². The van der Waals surface area contributed by atoms with E-state index in [1.807, 2.05) is 0 Å². The Bertz CT molecular complexity index is 1090. The first kappa shape index (κ1) is 66.1. The van der Waals surface area contributed by atoms with Crippen molar-refractivity contribution in [2.24, 2.45) is 0 Å². The van der Waals surface area contributed by atoms with E-state index in [0.717, 1.165) is 38.5 Å². The maximum atomic E-state index is 13.2. The third-order valence-corrected chi connectivity index (χ3v) is 14.9. The molecule has 0 aliphatic carbocycles. The zero-order valence-corrected chi connectivity index (χ0v) is 45.1. The fourth-order valence-electron chi connectivity index (χ4n) is 10.0. The van der Waals surface area contributed by atoms with Gasteiger partial charge in [-0.05, 0) is 12.8 Å². The molecule has 1 saturated heterocycles. The summed E-state index contributed by atoms with van der Waals surface area (Å²) < 4.78 is 11.2. The number of aliphatic hydroxyl groups is 7. The Morgan fingerprint density at radius 1 is 0.449 bits per heavy atom. The number of amides is 1. The van der Waals surface area contributed by atoms with E-state index in [-0.39, 0.29) is 6.42 Å². The van der Waals surface area contributed by atoms with Gasteiger partial charge < -0.3 is 50.5 Å². The largest absolute Gasteiger partial charge is 0.394 e. The van der Waals surface area contributed by atoms with Gasteiger partial charge in [-0.25, -0.2) is 0 Å². The molecule has 1 fully saturated rings. The molecule has 1 heterocycles. The van der Waals surface area contributed by atoms with Crippen molar-refractivity contribution >= 4 is 5.91 Å². The molecule has 1 aliphatic heterocycles. The van der Waals surface area contributed by atoms with Crippen LogP contribution in [0.4, 0.5) is 0 Å². The van der Waals surface area contributed by atoms with Crippen molar-refractivity contribution in [3.63, 3.8) is 0 Å². The Morgan fingerprint density at radius 3 is 1.07 bits per heavy atom. The smallest absolute Gasteiger partial charge is 0.249 e. The molecular formula is C58H115NO10. The zero-order valence-electron chi connectivity index (χ0n) is 45.1. The van der Waals surface area contributed by atoms with E-state index < -0.39 is 74.2 Å². The molecule has 0 radical (unpaired) electrons. The molecular weight excluding hydrogens is 871 g/mol. The molecule has 412 valence electrons. The number of hydrogen-bond acceptors (Lipinski definition) is 10. The highest BCUT2D eigenvalue weighted by molar-refractivity contribution is 5.80. The summed E-state index contributed by atoms with van der Waals surface area (Å²) in [6.07, 6.45) is 43.0. The predicted octanol–water partition coefficient (Wildman–Crippen LogP) is 12.6. The van der Waals surface area contributed by atoms with Gasteiger partial charge in [-0.1, -0.05) is 284 Å². The quantitative estimate of drug-likeness (QED) is 0.0272. The summed E-state index contributed by atoms with van der Waals surface area (Å²) in [5, 5.41) is 76.2. The van der Waals surface area contributed by atoms with Crippen LogP contribution in [-0.2, 0) is 14.3 Å². The fourth-order valence-corrected chi connectivity index (χ4v) is 10.0. The summed E-state index contributed by atoms with van der Waals surface area (Å²) >= 11 is 0. The summed E-state index contributed by atoms with van der Waals surface area (Å²) in [5.41, 5.74) is 0. The molecule has 0 aromatic heterocycles. The molecule has 9 unspecified atom stereocenters. The van der Waals surface area contributed by atoms with Crippen LogP contribution in [0.25, 0.3) is 0 Å². The van der Waals surface area contributed by atoms with Gasteiger partial charge in [0.25, 0.3) is 0 Å². The number of nitrogens with one attached hydrogen (secondary N) is 1. The highest BCUT2D eigenvalue weighted by atomic mass is 16.7. The molecule has 0 aromatic carbocycles. The Labute approximate surface area is 424 Å². The lowest BCUT2D eigenvalue weighted by Gasteiger charge is -2.40. The molecule has 1 amide bonds. The minimum atomic E-state index is -1.66. The van der Waals surface area contributed by atoms with Crippen molar-refractivity contribution in [1.29, 1.82) is 0 Å². The molecule has 1 rings (SSSR count). The SMILES string of the molecule is CCCCCCCCCCCCCCCCCCCCCCCCCCCC(O)C(O)C(COC1OC(CO)C(O)C(O)C1O)NC(=O)C(O)CCCCCCCCCCCCCCCCCCC. The molecule has 11 nitrogen and oxygen atoms in total. The van der Waals surface area contributed by atoms with E-state index in [2.05, 4.69) is 19.2 Å². The van der Waals surface area contributed by atoms with E-state index >= 15 is 0 Å². The lowest BCUT2D eigenvalue weighted by atomic mass is 9.98. The zero-order chi connectivity index (χ0) is 50.4. The summed E-state index contributed by atoms with van der Waals surface area (Å²) in [6.45, 7) is 3.50. The van der Waals surface area contributed by atoms with E-state index in [1.54, 1.807) is 0 Å². The molecule has 0 bridgehead atoms. The Balaban J connectivity index is 2.27. The fraction of sp³-hybridized carbons (Fsp3) is 0.983. The van der Waals surface area contributed by atoms with Gasteiger partial charge in [0.15, 0.2) is 6.29 Å². The van der Waals surface area contributed by atoms with Crippen LogP contribution in [0.3, 0.4) is 0 Å². The van der Waals surface area contributed by atoms with Crippen LogP contribution >= 0.6 is 0 Å². The number of carbonyl (C=O) groups is 1. The molecule has 9 atom stereocenters. The molecule has 0 spiro atoms. The van der Waals surface area contributed by atoms with Crippen molar-refractivity contribution in [3.05, 3.63) is 0 Å². The standard InChI is InChI=1S/C58H115NO10/c1-3-5-7-9-11-13-15-17-19-21-22-23-24-25-26-27-28-30-31-33-35-37-39-41-43-45-50(61)53(63)49(48-68-58-56(66)55(65)54(64)52(47-60)69-58)59-57(67)51(62)46-44-42-40-38-36-34-32-29-20-18-16-14-12-10-8-6-4-2/h49-56,58,60-66H,3-48H2,1-2H3,(H,59,67). The lowest BCUT2D eigenvalue weighted by molar-refractivity contribution is -0.303. The topological polar surface area (TPSA) is 189 Å². The number of ether oxygens (including phenoxy) is 2. The van der Waals surface area contributed by atoms with Gasteiger partial charge in [0.2, 0.25) is 5.91 Å². The summed E-state index contributed by atoms with van der Waals surface area (Å²) in [6, 6.07) is -1.16. The second-order valence-corrected chi connectivity index (χ2v) is 21.4. The number of rotatable bonds is 52. The minimum absolute atomic E-state index is 0.267. The van der Waals surface area contributed by atoms with Gasteiger partial charge in [0, 0.05) is 0 Å². The van der Waals surface area contributed by atoms with Gasteiger partial charge in [0.05, 0.1) is 25.4 Å². The van der Waals surface area contributed by atoms with Crippen LogP contribution in [0.5, 0.6) is 0 Å². The lowest BCUT2D eigenvalue weighted by Crippen LogP contribution is -2.60. The first-order chi connectivity index (χ1) is 33.7.